The molecule has 0 aromatic carbocycles. The average molecular weight is 215 g/mol. The molecule has 2 saturated heterocycles. The third-order valence-corrected chi connectivity index (χ3v) is 3.58. The van der Waals surface area contributed by atoms with E-state index in [1.807, 2.05) is 0 Å². The van der Waals surface area contributed by atoms with Crippen LogP contribution >= 0.6 is 0 Å². The van der Waals surface area contributed by atoms with Crippen LogP contribution < -0.4 is 0 Å². The summed E-state index contributed by atoms with van der Waals surface area (Å²) in [5.74, 6) is 0. The summed E-state index contributed by atoms with van der Waals surface area (Å²) in [5, 5.41) is 9.33. The van der Waals surface area contributed by atoms with E-state index in [1.54, 1.807) is 7.11 Å². The number of nitrogens with zero attached hydrogens (tertiary/aromatic N) is 1. The number of methoxy groups -OCH3 is 1. The van der Waals surface area contributed by atoms with Gasteiger partial charge in [-0.3, -0.25) is 0 Å². The number of ether oxygens (including phenoxy) is 2. The highest BCUT2D eigenvalue weighted by molar-refractivity contribution is 4.89. The minimum atomic E-state index is 0.0277. The van der Waals surface area contributed by atoms with Crippen molar-refractivity contribution in [3.63, 3.8) is 0 Å². The van der Waals surface area contributed by atoms with Crippen molar-refractivity contribution in [2.75, 3.05) is 46.6 Å². The van der Waals surface area contributed by atoms with Crippen molar-refractivity contribution < 1.29 is 14.6 Å². The third kappa shape index (κ3) is 2.50. The molecule has 0 bridgehead atoms. The Morgan fingerprint density at radius 2 is 2.07 bits per heavy atom. The van der Waals surface area contributed by atoms with Gasteiger partial charge >= 0.3 is 0 Å². The molecule has 0 saturated carbocycles. The fourth-order valence-electron chi connectivity index (χ4n) is 2.40. The van der Waals surface area contributed by atoms with Crippen LogP contribution in [0.5, 0.6) is 0 Å². The van der Waals surface area contributed by atoms with E-state index >= 15 is 0 Å². The topological polar surface area (TPSA) is 41.9 Å². The minimum absolute atomic E-state index is 0.0277. The van der Waals surface area contributed by atoms with Gasteiger partial charge < -0.3 is 19.5 Å². The standard InChI is InChI=1S/C11H21NO3/c1-14-10-2-4-12(5-3-10)6-11(7-13)8-15-9-11/h10,13H,2-9H2,1H3. The molecule has 2 rings (SSSR count). The summed E-state index contributed by atoms with van der Waals surface area (Å²) in [4.78, 5) is 2.42. The molecule has 1 N–H and O–H groups in total. The van der Waals surface area contributed by atoms with Gasteiger partial charge in [0.15, 0.2) is 0 Å². The highest BCUT2D eigenvalue weighted by atomic mass is 16.5. The SMILES string of the molecule is COC1CCN(CC2(CO)COC2)CC1. The number of hydrogen-bond acceptors (Lipinski definition) is 4. The first-order chi connectivity index (χ1) is 7.28. The molecule has 0 aromatic rings. The minimum Gasteiger partial charge on any atom is -0.396 e. The van der Waals surface area contributed by atoms with Crippen molar-refractivity contribution in [3.8, 4) is 0 Å². The largest absolute Gasteiger partial charge is 0.396 e. The van der Waals surface area contributed by atoms with Crippen LogP contribution in [0.1, 0.15) is 12.8 Å². The molecule has 2 heterocycles. The Kier molecular flexibility index (Phi) is 3.61. The van der Waals surface area contributed by atoms with Crippen LogP contribution in [-0.4, -0.2) is 62.7 Å². The third-order valence-electron chi connectivity index (χ3n) is 3.58. The lowest BCUT2D eigenvalue weighted by Crippen LogP contribution is -2.54. The van der Waals surface area contributed by atoms with E-state index in [2.05, 4.69) is 4.90 Å². The molecule has 2 aliphatic heterocycles. The van der Waals surface area contributed by atoms with E-state index in [-0.39, 0.29) is 12.0 Å². The van der Waals surface area contributed by atoms with Crippen LogP contribution in [0.2, 0.25) is 0 Å². The normalized spacial score (nSPS) is 27.6. The molecule has 4 heteroatoms. The van der Waals surface area contributed by atoms with E-state index in [9.17, 15) is 5.11 Å². The Morgan fingerprint density at radius 1 is 1.40 bits per heavy atom. The van der Waals surface area contributed by atoms with Gasteiger partial charge in [-0.05, 0) is 12.8 Å². The first-order valence-electron chi connectivity index (χ1n) is 5.72. The summed E-state index contributed by atoms with van der Waals surface area (Å²) >= 11 is 0. The molecule has 88 valence electrons. The van der Waals surface area contributed by atoms with Crippen LogP contribution in [-0.2, 0) is 9.47 Å². The van der Waals surface area contributed by atoms with Gasteiger partial charge in [-0.25, -0.2) is 0 Å². The Labute approximate surface area is 91.2 Å². The summed E-state index contributed by atoms with van der Waals surface area (Å²) in [7, 11) is 1.79. The molecule has 0 spiro atoms. The lowest BCUT2D eigenvalue weighted by molar-refractivity contribution is -0.151. The predicted molar refractivity (Wildman–Crippen MR) is 56.8 cm³/mol. The van der Waals surface area contributed by atoms with Crippen molar-refractivity contribution >= 4 is 0 Å². The number of rotatable bonds is 4. The number of aliphatic hydroxyl groups is 1. The average Bonchev–Trinajstić information content (AvgIpc) is 2.24. The summed E-state index contributed by atoms with van der Waals surface area (Å²) < 4.78 is 10.5. The van der Waals surface area contributed by atoms with Crippen molar-refractivity contribution in [1.82, 2.24) is 4.90 Å². The molecule has 0 amide bonds. The molecule has 0 aliphatic carbocycles. The second kappa shape index (κ2) is 4.78. The maximum atomic E-state index is 9.33. The maximum absolute atomic E-state index is 9.33. The highest BCUT2D eigenvalue weighted by Gasteiger charge is 2.40. The van der Waals surface area contributed by atoms with E-state index in [4.69, 9.17) is 9.47 Å². The van der Waals surface area contributed by atoms with Crippen molar-refractivity contribution in [2.24, 2.45) is 5.41 Å². The molecule has 2 aliphatic rings. The molecular weight excluding hydrogens is 194 g/mol. The maximum Gasteiger partial charge on any atom is 0.0595 e. The Bertz CT molecular complexity index is 192. The van der Waals surface area contributed by atoms with Gasteiger partial charge in [0, 0.05) is 26.7 Å². The van der Waals surface area contributed by atoms with Crippen LogP contribution in [0.25, 0.3) is 0 Å². The van der Waals surface area contributed by atoms with Crippen LogP contribution in [0.15, 0.2) is 0 Å². The van der Waals surface area contributed by atoms with Gasteiger partial charge in [-0.2, -0.15) is 0 Å². The van der Waals surface area contributed by atoms with E-state index in [0.29, 0.717) is 19.3 Å². The fourth-order valence-corrected chi connectivity index (χ4v) is 2.40. The lowest BCUT2D eigenvalue weighted by Gasteiger charge is -2.44. The molecular formula is C11H21NO3. The van der Waals surface area contributed by atoms with Crippen LogP contribution in [0, 0.1) is 5.41 Å². The van der Waals surface area contributed by atoms with E-state index in [0.717, 1.165) is 32.5 Å². The number of aliphatic hydroxyl groups excluding tert-OH is 1. The molecule has 0 atom stereocenters. The first kappa shape index (κ1) is 11.3. The molecule has 15 heavy (non-hydrogen) atoms. The van der Waals surface area contributed by atoms with E-state index in [1.165, 1.54) is 0 Å². The molecule has 4 nitrogen and oxygen atoms in total. The molecule has 0 aromatic heterocycles. The van der Waals surface area contributed by atoms with Crippen molar-refractivity contribution in [3.05, 3.63) is 0 Å². The van der Waals surface area contributed by atoms with Gasteiger partial charge in [-0.1, -0.05) is 0 Å². The second-order valence-electron chi connectivity index (χ2n) is 4.86. The number of likely N-dealkylation sites (tertiary alicyclic amines) is 1. The molecule has 2 fully saturated rings. The number of hydrogen-bond donors (Lipinski definition) is 1. The summed E-state index contributed by atoms with van der Waals surface area (Å²) in [5.41, 5.74) is 0.0277. The van der Waals surface area contributed by atoms with Crippen LogP contribution in [0.3, 0.4) is 0 Å². The molecule has 0 unspecified atom stereocenters. The smallest absolute Gasteiger partial charge is 0.0595 e. The fraction of sp³-hybridized carbons (Fsp3) is 1.00. The summed E-state index contributed by atoms with van der Waals surface area (Å²) in [6.07, 6.45) is 2.65. The monoisotopic (exact) mass is 215 g/mol. The zero-order chi connectivity index (χ0) is 10.7. The summed E-state index contributed by atoms with van der Waals surface area (Å²) in [6.45, 7) is 4.82. The van der Waals surface area contributed by atoms with E-state index < -0.39 is 0 Å². The predicted octanol–water partition coefficient (Wildman–Crippen LogP) is 0.106. The van der Waals surface area contributed by atoms with Gasteiger partial charge in [0.1, 0.15) is 0 Å². The number of piperidine rings is 1. The highest BCUT2D eigenvalue weighted by Crippen LogP contribution is 2.29. The Balaban J connectivity index is 1.76. The Hall–Kier alpha value is -0.160. The second-order valence-corrected chi connectivity index (χ2v) is 4.86. The first-order valence-corrected chi connectivity index (χ1v) is 5.72. The van der Waals surface area contributed by atoms with Gasteiger partial charge in [-0.15, -0.1) is 0 Å². The van der Waals surface area contributed by atoms with Crippen molar-refractivity contribution in [1.29, 1.82) is 0 Å². The van der Waals surface area contributed by atoms with Gasteiger partial charge in [0.05, 0.1) is 31.3 Å². The molecule has 0 radical (unpaired) electrons. The summed E-state index contributed by atoms with van der Waals surface area (Å²) in [6, 6.07) is 0. The van der Waals surface area contributed by atoms with Crippen molar-refractivity contribution in [2.45, 2.75) is 18.9 Å². The van der Waals surface area contributed by atoms with Gasteiger partial charge in [0.2, 0.25) is 0 Å². The zero-order valence-electron chi connectivity index (χ0n) is 9.45. The zero-order valence-corrected chi connectivity index (χ0v) is 9.45. The van der Waals surface area contributed by atoms with Crippen LogP contribution in [0.4, 0.5) is 0 Å². The lowest BCUT2D eigenvalue weighted by atomic mass is 9.86. The Morgan fingerprint density at radius 3 is 2.47 bits per heavy atom. The van der Waals surface area contributed by atoms with Gasteiger partial charge in [0.25, 0.3) is 0 Å². The quantitative estimate of drug-likeness (QED) is 0.722.